The maximum Gasteiger partial charge on any atom is 0.0252 e. The molecule has 2 aromatic rings. The van der Waals surface area contributed by atoms with Crippen molar-refractivity contribution in [1.82, 2.24) is 0 Å². The Labute approximate surface area is 121 Å². The van der Waals surface area contributed by atoms with Crippen LogP contribution in [0.5, 0.6) is 0 Å². The first-order valence-corrected chi connectivity index (χ1v) is 4.47. The fourth-order valence-electron chi connectivity index (χ4n) is 1.26. The van der Waals surface area contributed by atoms with E-state index in [0.29, 0.717) is 5.69 Å². The van der Waals surface area contributed by atoms with Gasteiger partial charge in [0.25, 0.3) is 0 Å². The predicted octanol–water partition coefficient (Wildman–Crippen LogP) is 4.29. The molecule has 0 fully saturated rings. The molecule has 0 aliphatic heterocycles. The van der Waals surface area contributed by atoms with Crippen LogP contribution >= 0.6 is 15.9 Å². The summed E-state index contributed by atoms with van der Waals surface area (Å²) in [5, 5.41) is 2.09. The van der Waals surface area contributed by atoms with Crippen molar-refractivity contribution >= 4 is 32.4 Å². The summed E-state index contributed by atoms with van der Waals surface area (Å²) < 4.78 is 1.05. The molecule has 13 heavy (non-hydrogen) atoms. The van der Waals surface area contributed by atoms with Crippen molar-refractivity contribution in [3.8, 4) is 0 Å². The van der Waals surface area contributed by atoms with E-state index in [-0.39, 0.29) is 44.1 Å². The van der Waals surface area contributed by atoms with Crippen molar-refractivity contribution in [3.05, 3.63) is 46.6 Å². The molecule has 0 saturated carbocycles. The first kappa shape index (κ1) is 11.5. The number of hydrogen-bond donors (Lipinski definition) is 0. The SMILES string of the molecule is [Ac].[NH-]c1ccc(Br)c2ccccc12. The summed E-state index contributed by atoms with van der Waals surface area (Å²) in [4.78, 5) is 0. The van der Waals surface area contributed by atoms with Crippen molar-refractivity contribution in [3.63, 3.8) is 0 Å². The molecule has 0 heterocycles. The number of halogens is 1. The van der Waals surface area contributed by atoms with Gasteiger partial charge in [-0.15, -0.1) is 5.69 Å². The second-order valence-electron chi connectivity index (χ2n) is 2.64. The standard InChI is InChI=1S/C10H7BrN.Ac/c11-9-5-6-10(12)8-4-2-1-3-7(8)9;/h1-6,12H;/q-1;. The normalized spacial score (nSPS) is 9.62. The van der Waals surface area contributed by atoms with Gasteiger partial charge in [-0.05, 0) is 16.8 Å². The van der Waals surface area contributed by atoms with Gasteiger partial charge < -0.3 is 5.73 Å². The zero-order valence-corrected chi connectivity index (χ0v) is 13.3. The van der Waals surface area contributed by atoms with E-state index >= 15 is 0 Å². The number of rotatable bonds is 0. The molecular formula is C10H7AcBrN-. The molecule has 0 unspecified atom stereocenters. The van der Waals surface area contributed by atoms with Crippen LogP contribution in [0.15, 0.2) is 40.9 Å². The van der Waals surface area contributed by atoms with E-state index in [1.807, 2.05) is 30.3 Å². The number of fused-ring (bicyclic) bond motifs is 1. The summed E-state index contributed by atoms with van der Waals surface area (Å²) in [6.45, 7) is 0. The van der Waals surface area contributed by atoms with E-state index in [2.05, 4.69) is 15.9 Å². The van der Waals surface area contributed by atoms with Crippen LogP contribution in [0, 0.1) is 44.1 Å². The van der Waals surface area contributed by atoms with Crippen molar-refractivity contribution < 1.29 is 44.1 Å². The zero-order chi connectivity index (χ0) is 8.55. The van der Waals surface area contributed by atoms with Crippen LogP contribution < -0.4 is 0 Å². The molecule has 0 atom stereocenters. The van der Waals surface area contributed by atoms with Gasteiger partial charge in [0.1, 0.15) is 0 Å². The van der Waals surface area contributed by atoms with Gasteiger partial charge in [-0.3, -0.25) is 0 Å². The average Bonchev–Trinajstić information content (AvgIpc) is 2.12. The largest absolute Gasteiger partial charge is 0.698 e. The van der Waals surface area contributed by atoms with E-state index in [4.69, 9.17) is 5.73 Å². The minimum atomic E-state index is 0. The zero-order valence-electron chi connectivity index (χ0n) is 6.92. The molecule has 0 bridgehead atoms. The molecule has 2 aromatic carbocycles. The fourth-order valence-corrected chi connectivity index (χ4v) is 1.74. The summed E-state index contributed by atoms with van der Waals surface area (Å²) in [6, 6.07) is 11.6. The van der Waals surface area contributed by atoms with E-state index in [1.165, 1.54) is 0 Å². The maximum absolute atomic E-state index is 7.64. The van der Waals surface area contributed by atoms with Crippen molar-refractivity contribution in [2.24, 2.45) is 0 Å². The first-order chi connectivity index (χ1) is 5.79. The molecule has 1 N–H and O–H groups in total. The van der Waals surface area contributed by atoms with E-state index in [0.717, 1.165) is 15.2 Å². The van der Waals surface area contributed by atoms with Crippen LogP contribution in [-0.2, 0) is 0 Å². The molecule has 0 aliphatic rings. The van der Waals surface area contributed by atoms with E-state index < -0.39 is 0 Å². The summed E-state index contributed by atoms with van der Waals surface area (Å²) in [5.41, 5.74) is 8.22. The summed E-state index contributed by atoms with van der Waals surface area (Å²) in [6.07, 6.45) is 0. The molecule has 0 spiro atoms. The van der Waals surface area contributed by atoms with Gasteiger partial charge in [0.05, 0.1) is 0 Å². The minimum absolute atomic E-state index is 0. The Morgan fingerprint density at radius 1 is 0.923 bits per heavy atom. The van der Waals surface area contributed by atoms with Gasteiger partial charge in [0, 0.05) is 48.5 Å². The molecule has 1 radical (unpaired) electrons. The van der Waals surface area contributed by atoms with E-state index in [1.54, 1.807) is 6.07 Å². The third-order valence-corrected chi connectivity index (χ3v) is 2.56. The van der Waals surface area contributed by atoms with Gasteiger partial charge in [0.2, 0.25) is 0 Å². The van der Waals surface area contributed by atoms with Crippen LogP contribution in [0.25, 0.3) is 16.5 Å². The Balaban J connectivity index is 0.000000845. The molecule has 0 saturated heterocycles. The van der Waals surface area contributed by atoms with Crippen LogP contribution in [0.4, 0.5) is 5.69 Å². The summed E-state index contributed by atoms with van der Waals surface area (Å²) in [7, 11) is 0. The molecule has 2 rings (SSSR count). The van der Waals surface area contributed by atoms with Gasteiger partial charge in [-0.1, -0.05) is 46.3 Å². The van der Waals surface area contributed by atoms with Gasteiger partial charge in [-0.2, -0.15) is 0 Å². The number of hydrogen-bond acceptors (Lipinski definition) is 0. The monoisotopic (exact) mass is 447 g/mol. The Morgan fingerprint density at radius 3 is 2.15 bits per heavy atom. The quantitative estimate of drug-likeness (QED) is 0.575. The molecule has 63 valence electrons. The van der Waals surface area contributed by atoms with Crippen LogP contribution in [0.2, 0.25) is 0 Å². The van der Waals surface area contributed by atoms with Gasteiger partial charge in [0.15, 0.2) is 0 Å². The number of nitrogens with one attached hydrogen (secondary N) is 1. The summed E-state index contributed by atoms with van der Waals surface area (Å²) in [5.74, 6) is 0. The van der Waals surface area contributed by atoms with Crippen LogP contribution in [-0.4, -0.2) is 0 Å². The minimum Gasteiger partial charge on any atom is -0.698 e. The molecule has 0 aromatic heterocycles. The topological polar surface area (TPSA) is 23.8 Å². The average molecular weight is 448 g/mol. The van der Waals surface area contributed by atoms with Gasteiger partial charge in [-0.25, -0.2) is 0 Å². The molecule has 0 aliphatic carbocycles. The third kappa shape index (κ3) is 2.26. The predicted molar refractivity (Wildman–Crippen MR) is 55.6 cm³/mol. The first-order valence-electron chi connectivity index (χ1n) is 3.68. The van der Waals surface area contributed by atoms with Crippen molar-refractivity contribution in [1.29, 1.82) is 0 Å². The Kier molecular flexibility index (Phi) is 4.22. The van der Waals surface area contributed by atoms with Crippen LogP contribution in [0.1, 0.15) is 0 Å². The second-order valence-corrected chi connectivity index (χ2v) is 3.49. The third-order valence-electron chi connectivity index (χ3n) is 1.87. The van der Waals surface area contributed by atoms with Crippen molar-refractivity contribution in [2.75, 3.05) is 0 Å². The molecule has 3 heteroatoms. The Hall–Kier alpha value is 0.422. The van der Waals surface area contributed by atoms with E-state index in [9.17, 15) is 0 Å². The molecular weight excluding hydrogens is 441 g/mol. The van der Waals surface area contributed by atoms with Crippen LogP contribution in [0.3, 0.4) is 0 Å². The molecule has 0 amide bonds. The Bertz CT molecular complexity index is 388. The Morgan fingerprint density at radius 2 is 1.54 bits per heavy atom. The smallest absolute Gasteiger partial charge is 0.0252 e. The van der Waals surface area contributed by atoms with Crippen molar-refractivity contribution in [2.45, 2.75) is 0 Å². The fraction of sp³-hybridized carbons (Fsp3) is 0. The van der Waals surface area contributed by atoms with Gasteiger partial charge >= 0.3 is 0 Å². The maximum atomic E-state index is 7.64. The molecule has 1 nitrogen and oxygen atoms in total. The number of benzene rings is 2. The second kappa shape index (κ2) is 4.78. The summed E-state index contributed by atoms with van der Waals surface area (Å²) >= 11 is 3.45.